The Morgan fingerprint density at radius 2 is 2.16 bits per heavy atom. The van der Waals surface area contributed by atoms with E-state index < -0.39 is 16.1 Å². The standard InChI is InChI=1S/C12H18N2O3S2/c13-11-3-1-2-4-12(11)18-7-8-19(16,17)14-6-5-10(15)9-14/h1-4,10,15H,5-9,13H2/t10-/m0/s1. The first-order valence-corrected chi connectivity index (χ1v) is 8.72. The Morgan fingerprint density at radius 3 is 2.79 bits per heavy atom. The molecule has 1 aliphatic heterocycles. The summed E-state index contributed by atoms with van der Waals surface area (Å²) in [5.74, 6) is 0.530. The van der Waals surface area contributed by atoms with E-state index in [0.29, 0.717) is 24.4 Å². The van der Waals surface area contributed by atoms with E-state index >= 15 is 0 Å². The smallest absolute Gasteiger partial charge is 0.215 e. The second-order valence-electron chi connectivity index (χ2n) is 4.50. The van der Waals surface area contributed by atoms with Gasteiger partial charge in [0.25, 0.3) is 0 Å². The lowest BCUT2D eigenvalue weighted by atomic mass is 10.3. The highest BCUT2D eigenvalue weighted by molar-refractivity contribution is 8.00. The number of hydrogen-bond acceptors (Lipinski definition) is 5. The molecule has 1 heterocycles. The number of nitrogens with two attached hydrogens (primary N) is 1. The molecule has 1 aromatic carbocycles. The highest BCUT2D eigenvalue weighted by atomic mass is 32.2. The summed E-state index contributed by atoms with van der Waals surface area (Å²) < 4.78 is 25.4. The van der Waals surface area contributed by atoms with E-state index in [-0.39, 0.29) is 12.3 Å². The van der Waals surface area contributed by atoms with Crippen molar-refractivity contribution < 1.29 is 13.5 Å². The molecule has 0 amide bonds. The van der Waals surface area contributed by atoms with Crippen LogP contribution in [0.4, 0.5) is 5.69 Å². The molecule has 0 unspecified atom stereocenters. The molecule has 1 aromatic rings. The SMILES string of the molecule is Nc1ccccc1SCCS(=O)(=O)N1CC[C@H](O)C1. The molecule has 1 atom stereocenters. The van der Waals surface area contributed by atoms with Crippen molar-refractivity contribution in [2.45, 2.75) is 17.4 Å². The largest absolute Gasteiger partial charge is 0.398 e. The fourth-order valence-electron chi connectivity index (χ4n) is 1.96. The molecule has 0 bridgehead atoms. The Labute approximate surface area is 117 Å². The molecule has 5 nitrogen and oxygen atoms in total. The molecule has 0 saturated carbocycles. The molecular formula is C12H18N2O3S2. The van der Waals surface area contributed by atoms with Gasteiger partial charge in [-0.15, -0.1) is 11.8 Å². The number of thioether (sulfide) groups is 1. The third-order valence-electron chi connectivity index (χ3n) is 3.04. The maximum Gasteiger partial charge on any atom is 0.215 e. The molecule has 2 rings (SSSR count). The van der Waals surface area contributed by atoms with Gasteiger partial charge < -0.3 is 10.8 Å². The quantitative estimate of drug-likeness (QED) is 0.619. The lowest BCUT2D eigenvalue weighted by Gasteiger charge is -2.15. The summed E-state index contributed by atoms with van der Waals surface area (Å²) in [6.07, 6.45) is 0.00468. The molecular weight excluding hydrogens is 284 g/mol. The number of anilines is 1. The summed E-state index contributed by atoms with van der Waals surface area (Å²) in [6, 6.07) is 7.41. The predicted molar refractivity (Wildman–Crippen MR) is 77.6 cm³/mol. The first-order chi connectivity index (χ1) is 8.99. The molecule has 7 heteroatoms. The van der Waals surface area contributed by atoms with Crippen molar-refractivity contribution in [3.63, 3.8) is 0 Å². The van der Waals surface area contributed by atoms with Crippen molar-refractivity contribution in [2.75, 3.05) is 30.3 Å². The summed E-state index contributed by atoms with van der Waals surface area (Å²) in [4.78, 5) is 0.902. The van der Waals surface area contributed by atoms with Crippen LogP contribution in [0.2, 0.25) is 0 Å². The monoisotopic (exact) mass is 302 g/mol. The zero-order chi connectivity index (χ0) is 13.9. The Kier molecular flexibility index (Phi) is 4.72. The van der Waals surface area contributed by atoms with Gasteiger partial charge in [-0.25, -0.2) is 8.42 Å². The highest BCUT2D eigenvalue weighted by Gasteiger charge is 2.29. The normalized spacial score (nSPS) is 20.8. The topological polar surface area (TPSA) is 83.6 Å². The van der Waals surface area contributed by atoms with Crippen molar-refractivity contribution in [2.24, 2.45) is 0 Å². The number of aliphatic hydroxyl groups is 1. The van der Waals surface area contributed by atoms with Gasteiger partial charge >= 0.3 is 0 Å². The third kappa shape index (κ3) is 3.85. The minimum Gasteiger partial charge on any atom is -0.398 e. The fraction of sp³-hybridized carbons (Fsp3) is 0.500. The van der Waals surface area contributed by atoms with Crippen molar-refractivity contribution >= 4 is 27.5 Å². The molecule has 0 radical (unpaired) electrons. The molecule has 19 heavy (non-hydrogen) atoms. The average molecular weight is 302 g/mol. The summed E-state index contributed by atoms with van der Waals surface area (Å²) in [6.45, 7) is 0.641. The minimum absolute atomic E-state index is 0.0682. The number of nitrogens with zero attached hydrogens (tertiary/aromatic N) is 1. The zero-order valence-corrected chi connectivity index (χ0v) is 12.2. The summed E-state index contributed by atoms with van der Waals surface area (Å²) in [5.41, 5.74) is 6.47. The lowest BCUT2D eigenvalue weighted by Crippen LogP contribution is -2.32. The van der Waals surface area contributed by atoms with E-state index in [4.69, 9.17) is 5.73 Å². The van der Waals surface area contributed by atoms with Gasteiger partial charge in [0.15, 0.2) is 0 Å². The van der Waals surface area contributed by atoms with E-state index in [1.165, 1.54) is 16.1 Å². The Morgan fingerprint density at radius 1 is 1.42 bits per heavy atom. The van der Waals surface area contributed by atoms with Crippen LogP contribution in [-0.4, -0.2) is 48.5 Å². The van der Waals surface area contributed by atoms with E-state index in [2.05, 4.69) is 0 Å². The van der Waals surface area contributed by atoms with Crippen LogP contribution in [0.3, 0.4) is 0 Å². The van der Waals surface area contributed by atoms with E-state index in [1.807, 2.05) is 18.2 Å². The molecule has 106 valence electrons. The predicted octanol–water partition coefficient (Wildman–Crippen LogP) is 0.757. The van der Waals surface area contributed by atoms with Crippen LogP contribution in [0.15, 0.2) is 29.2 Å². The van der Waals surface area contributed by atoms with Crippen LogP contribution in [-0.2, 0) is 10.0 Å². The highest BCUT2D eigenvalue weighted by Crippen LogP contribution is 2.25. The Balaban J connectivity index is 1.87. The number of aliphatic hydroxyl groups excluding tert-OH is 1. The van der Waals surface area contributed by atoms with Crippen molar-refractivity contribution in [1.82, 2.24) is 4.31 Å². The summed E-state index contributed by atoms with van der Waals surface area (Å²) in [7, 11) is -3.26. The third-order valence-corrected chi connectivity index (χ3v) is 6.23. The van der Waals surface area contributed by atoms with Crippen LogP contribution in [0.1, 0.15) is 6.42 Å². The minimum atomic E-state index is -3.26. The molecule has 0 spiro atoms. The van der Waals surface area contributed by atoms with Crippen LogP contribution < -0.4 is 5.73 Å². The van der Waals surface area contributed by atoms with Gasteiger partial charge in [0.05, 0.1) is 11.9 Å². The first kappa shape index (κ1) is 14.6. The van der Waals surface area contributed by atoms with Crippen LogP contribution in [0.25, 0.3) is 0 Å². The van der Waals surface area contributed by atoms with Crippen molar-refractivity contribution in [1.29, 1.82) is 0 Å². The number of β-amino-alcohol motifs (C(OH)–C–C–N with tert-alkyl or cyclic N) is 1. The van der Waals surface area contributed by atoms with Crippen molar-refractivity contribution in [3.8, 4) is 0 Å². The number of sulfonamides is 1. The van der Waals surface area contributed by atoms with E-state index in [9.17, 15) is 13.5 Å². The van der Waals surface area contributed by atoms with Crippen LogP contribution >= 0.6 is 11.8 Å². The lowest BCUT2D eigenvalue weighted by molar-refractivity contribution is 0.189. The Hall–Kier alpha value is -0.760. The molecule has 1 fully saturated rings. The number of hydrogen-bond donors (Lipinski definition) is 2. The van der Waals surface area contributed by atoms with Crippen molar-refractivity contribution in [3.05, 3.63) is 24.3 Å². The maximum absolute atomic E-state index is 12.0. The first-order valence-electron chi connectivity index (χ1n) is 6.12. The molecule has 0 aromatic heterocycles. The number of rotatable bonds is 5. The molecule has 1 saturated heterocycles. The Bertz CT molecular complexity index is 534. The number of benzene rings is 1. The van der Waals surface area contributed by atoms with Gasteiger partial charge in [0, 0.05) is 29.4 Å². The second kappa shape index (κ2) is 6.13. The van der Waals surface area contributed by atoms with Gasteiger partial charge in [-0.1, -0.05) is 12.1 Å². The van der Waals surface area contributed by atoms with E-state index in [1.54, 1.807) is 6.07 Å². The van der Waals surface area contributed by atoms with Gasteiger partial charge in [0.2, 0.25) is 10.0 Å². The van der Waals surface area contributed by atoms with Gasteiger partial charge in [0.1, 0.15) is 0 Å². The fourth-order valence-corrected chi connectivity index (χ4v) is 4.81. The van der Waals surface area contributed by atoms with E-state index in [0.717, 1.165) is 4.90 Å². The average Bonchev–Trinajstić information content (AvgIpc) is 2.79. The summed E-state index contributed by atoms with van der Waals surface area (Å²) >= 11 is 1.44. The zero-order valence-electron chi connectivity index (χ0n) is 10.5. The molecule has 1 aliphatic rings. The van der Waals surface area contributed by atoms with Gasteiger partial charge in [-0.3, -0.25) is 0 Å². The molecule has 3 N–H and O–H groups in total. The van der Waals surface area contributed by atoms with Gasteiger partial charge in [-0.05, 0) is 18.6 Å². The maximum atomic E-state index is 12.0. The number of nitrogen functional groups attached to an aromatic ring is 1. The summed E-state index contributed by atoms with van der Waals surface area (Å²) in [5, 5.41) is 9.37. The number of para-hydroxylation sites is 1. The molecule has 0 aliphatic carbocycles. The second-order valence-corrected chi connectivity index (χ2v) is 7.73. The van der Waals surface area contributed by atoms with Crippen LogP contribution in [0, 0.1) is 0 Å². The van der Waals surface area contributed by atoms with Gasteiger partial charge in [-0.2, -0.15) is 4.31 Å². The van der Waals surface area contributed by atoms with Crippen LogP contribution in [0.5, 0.6) is 0 Å².